The summed E-state index contributed by atoms with van der Waals surface area (Å²) in [6.07, 6.45) is 0. The van der Waals surface area contributed by atoms with Gasteiger partial charge in [0.1, 0.15) is 19.3 Å². The molecule has 0 saturated heterocycles. The molecular formula is C14H18N2O4. The van der Waals surface area contributed by atoms with Crippen molar-refractivity contribution in [1.29, 1.82) is 5.26 Å². The van der Waals surface area contributed by atoms with Crippen LogP contribution in [0.25, 0.3) is 0 Å². The van der Waals surface area contributed by atoms with E-state index in [1.807, 2.05) is 0 Å². The molecule has 2 rings (SSSR count). The molecule has 0 bridgehead atoms. The molecule has 0 fully saturated rings. The fraction of sp³-hybridized carbons (Fsp3) is 0.500. The van der Waals surface area contributed by atoms with Gasteiger partial charge in [0.05, 0.1) is 37.7 Å². The molecule has 1 N–H and O–H groups in total. The van der Waals surface area contributed by atoms with Gasteiger partial charge in [-0.1, -0.05) is 0 Å². The lowest BCUT2D eigenvalue weighted by Crippen LogP contribution is -2.16. The maximum atomic E-state index is 9.13. The smallest absolute Gasteiger partial charge is 0.163 e. The Kier molecular flexibility index (Phi) is 5.47. The van der Waals surface area contributed by atoms with Crippen molar-refractivity contribution in [2.45, 2.75) is 0 Å². The highest BCUT2D eigenvalue weighted by Crippen LogP contribution is 2.33. The van der Waals surface area contributed by atoms with Crippen LogP contribution in [0.3, 0.4) is 0 Å². The van der Waals surface area contributed by atoms with Crippen LogP contribution in [-0.2, 0) is 9.47 Å². The summed E-state index contributed by atoms with van der Waals surface area (Å²) in [7, 11) is 1.76. The number of fused-ring (bicyclic) bond motifs is 1. The quantitative estimate of drug-likeness (QED) is 0.837. The summed E-state index contributed by atoms with van der Waals surface area (Å²) < 4.78 is 22.0. The third-order valence-electron chi connectivity index (χ3n) is 2.82. The number of nitrogens with one attached hydrogen (secondary N) is 1. The van der Waals surface area contributed by atoms with Gasteiger partial charge in [0.25, 0.3) is 0 Å². The first-order valence-corrected chi connectivity index (χ1v) is 6.52. The predicted octanol–water partition coefficient (Wildman–Crippen LogP) is 1.40. The molecule has 0 aliphatic carbocycles. The molecule has 0 spiro atoms. The van der Waals surface area contributed by atoms with Crippen LogP contribution >= 0.6 is 0 Å². The van der Waals surface area contributed by atoms with E-state index >= 15 is 0 Å². The van der Waals surface area contributed by atoms with E-state index in [0.717, 1.165) is 0 Å². The predicted molar refractivity (Wildman–Crippen MR) is 73.3 cm³/mol. The molecule has 0 radical (unpaired) electrons. The molecule has 0 aromatic heterocycles. The van der Waals surface area contributed by atoms with E-state index in [1.54, 1.807) is 19.2 Å². The Morgan fingerprint density at radius 3 is 2.05 bits per heavy atom. The zero-order valence-electron chi connectivity index (χ0n) is 11.5. The van der Waals surface area contributed by atoms with E-state index in [2.05, 4.69) is 11.4 Å². The van der Waals surface area contributed by atoms with Crippen LogP contribution in [0.15, 0.2) is 12.1 Å². The lowest BCUT2D eigenvalue weighted by molar-refractivity contribution is 0.0223. The number of nitriles is 1. The number of nitrogens with zero attached hydrogens (tertiary/aromatic N) is 1. The maximum Gasteiger partial charge on any atom is 0.163 e. The highest BCUT2D eigenvalue weighted by Gasteiger charge is 2.12. The molecule has 108 valence electrons. The minimum atomic E-state index is 0.403. The van der Waals surface area contributed by atoms with Crippen molar-refractivity contribution >= 4 is 5.69 Å². The topological polar surface area (TPSA) is 72.7 Å². The lowest BCUT2D eigenvalue weighted by Gasteiger charge is -2.16. The van der Waals surface area contributed by atoms with Gasteiger partial charge in [-0.2, -0.15) is 5.26 Å². The fourth-order valence-electron chi connectivity index (χ4n) is 1.83. The average Bonchev–Trinajstić information content (AvgIpc) is 2.47. The Morgan fingerprint density at radius 2 is 1.50 bits per heavy atom. The van der Waals surface area contributed by atoms with E-state index in [-0.39, 0.29) is 0 Å². The zero-order chi connectivity index (χ0) is 14.2. The Morgan fingerprint density at radius 1 is 0.950 bits per heavy atom. The SMILES string of the molecule is CNc1cc2c(cc1C#N)OCCOCCOCCO2. The van der Waals surface area contributed by atoms with Crippen LogP contribution in [0.4, 0.5) is 5.69 Å². The second-order valence-corrected chi connectivity index (χ2v) is 4.13. The van der Waals surface area contributed by atoms with Crippen LogP contribution < -0.4 is 14.8 Å². The van der Waals surface area contributed by atoms with Gasteiger partial charge in [0, 0.05) is 19.2 Å². The van der Waals surface area contributed by atoms with Crippen LogP contribution in [0.5, 0.6) is 11.5 Å². The van der Waals surface area contributed by atoms with Crippen molar-refractivity contribution in [1.82, 2.24) is 0 Å². The number of ether oxygens (including phenoxy) is 4. The van der Waals surface area contributed by atoms with Gasteiger partial charge in [-0.15, -0.1) is 0 Å². The van der Waals surface area contributed by atoms with E-state index in [1.165, 1.54) is 0 Å². The molecule has 0 amide bonds. The Balaban J connectivity index is 2.22. The molecule has 0 atom stereocenters. The second-order valence-electron chi connectivity index (χ2n) is 4.13. The van der Waals surface area contributed by atoms with Crippen molar-refractivity contribution in [3.8, 4) is 17.6 Å². The molecule has 1 aromatic rings. The summed E-state index contributed by atoms with van der Waals surface area (Å²) >= 11 is 0. The molecule has 1 aliphatic heterocycles. The zero-order valence-corrected chi connectivity index (χ0v) is 11.5. The van der Waals surface area contributed by atoms with Gasteiger partial charge in [0.15, 0.2) is 11.5 Å². The highest BCUT2D eigenvalue weighted by atomic mass is 16.6. The van der Waals surface area contributed by atoms with Gasteiger partial charge in [-0.3, -0.25) is 0 Å². The number of anilines is 1. The molecule has 0 saturated carbocycles. The average molecular weight is 278 g/mol. The van der Waals surface area contributed by atoms with E-state index < -0.39 is 0 Å². The normalized spacial score (nSPS) is 16.4. The molecule has 0 unspecified atom stereocenters. The molecule has 6 nitrogen and oxygen atoms in total. The monoisotopic (exact) mass is 278 g/mol. The van der Waals surface area contributed by atoms with Gasteiger partial charge in [-0.05, 0) is 0 Å². The van der Waals surface area contributed by atoms with Crippen molar-refractivity contribution in [3.63, 3.8) is 0 Å². The molecule has 20 heavy (non-hydrogen) atoms. The maximum absolute atomic E-state index is 9.13. The first kappa shape index (κ1) is 14.4. The molecule has 1 aromatic carbocycles. The Hall–Kier alpha value is -1.97. The second kappa shape index (κ2) is 7.58. The van der Waals surface area contributed by atoms with Gasteiger partial charge in [0.2, 0.25) is 0 Å². The number of benzene rings is 1. The third-order valence-corrected chi connectivity index (χ3v) is 2.82. The van der Waals surface area contributed by atoms with E-state index in [0.29, 0.717) is 62.4 Å². The molecular weight excluding hydrogens is 260 g/mol. The number of rotatable bonds is 1. The minimum absolute atomic E-state index is 0.403. The van der Waals surface area contributed by atoms with Crippen LogP contribution in [-0.4, -0.2) is 46.7 Å². The summed E-state index contributed by atoms with van der Waals surface area (Å²) in [6.45, 7) is 2.87. The van der Waals surface area contributed by atoms with Gasteiger partial charge < -0.3 is 24.3 Å². The lowest BCUT2D eigenvalue weighted by atomic mass is 10.1. The largest absolute Gasteiger partial charge is 0.487 e. The standard InChI is InChI=1S/C14H18N2O4/c1-16-12-9-14-13(8-11(12)10-15)19-6-4-17-2-3-18-5-7-20-14/h8-9,16H,2-7H2,1H3. The third kappa shape index (κ3) is 3.76. The van der Waals surface area contributed by atoms with Crippen molar-refractivity contribution in [2.24, 2.45) is 0 Å². The first-order valence-electron chi connectivity index (χ1n) is 6.52. The van der Waals surface area contributed by atoms with Crippen LogP contribution in [0.2, 0.25) is 0 Å². The number of hydrogen-bond donors (Lipinski definition) is 1. The molecule has 6 heteroatoms. The van der Waals surface area contributed by atoms with Gasteiger partial charge >= 0.3 is 0 Å². The summed E-state index contributed by atoms with van der Waals surface area (Å²) in [5.41, 5.74) is 1.22. The van der Waals surface area contributed by atoms with Crippen molar-refractivity contribution in [3.05, 3.63) is 17.7 Å². The molecule has 1 heterocycles. The summed E-state index contributed by atoms with van der Waals surface area (Å²) in [5, 5.41) is 12.1. The van der Waals surface area contributed by atoms with Crippen molar-refractivity contribution < 1.29 is 18.9 Å². The Labute approximate surface area is 118 Å². The van der Waals surface area contributed by atoms with Crippen LogP contribution in [0.1, 0.15) is 5.56 Å². The summed E-state index contributed by atoms with van der Waals surface area (Å²) in [6, 6.07) is 5.57. The molecule has 1 aliphatic rings. The van der Waals surface area contributed by atoms with Crippen LogP contribution in [0, 0.1) is 11.3 Å². The van der Waals surface area contributed by atoms with Crippen molar-refractivity contribution in [2.75, 3.05) is 52.0 Å². The first-order chi connectivity index (χ1) is 9.85. The minimum Gasteiger partial charge on any atom is -0.487 e. The Bertz CT molecular complexity index is 485. The highest BCUT2D eigenvalue weighted by molar-refractivity contribution is 5.64. The number of hydrogen-bond acceptors (Lipinski definition) is 6. The van der Waals surface area contributed by atoms with E-state index in [4.69, 9.17) is 24.2 Å². The fourth-order valence-corrected chi connectivity index (χ4v) is 1.83. The van der Waals surface area contributed by atoms with E-state index in [9.17, 15) is 0 Å². The van der Waals surface area contributed by atoms with Gasteiger partial charge in [-0.25, -0.2) is 0 Å². The summed E-state index contributed by atoms with van der Waals surface area (Å²) in [5.74, 6) is 1.14. The summed E-state index contributed by atoms with van der Waals surface area (Å²) in [4.78, 5) is 0.